The van der Waals surface area contributed by atoms with E-state index < -0.39 is 10.0 Å². The van der Waals surface area contributed by atoms with Crippen molar-refractivity contribution in [2.45, 2.75) is 44.5 Å². The van der Waals surface area contributed by atoms with Crippen LogP contribution < -0.4 is 15.6 Å². The predicted octanol–water partition coefficient (Wildman–Crippen LogP) is 2.99. The highest BCUT2D eigenvalue weighted by atomic mass is 32.2. The quantitative estimate of drug-likeness (QED) is 0.284. The summed E-state index contributed by atoms with van der Waals surface area (Å²) in [4.78, 5) is 28.0. The highest BCUT2D eigenvalue weighted by molar-refractivity contribution is 7.88. The van der Waals surface area contributed by atoms with Crippen molar-refractivity contribution in [2.24, 2.45) is 0 Å². The Labute approximate surface area is 198 Å². The van der Waals surface area contributed by atoms with E-state index in [1.54, 1.807) is 22.8 Å². The second-order valence-electron chi connectivity index (χ2n) is 7.75. The van der Waals surface area contributed by atoms with Gasteiger partial charge in [-0.3, -0.25) is 14.2 Å². The second-order valence-corrected chi connectivity index (χ2v) is 10.1. The van der Waals surface area contributed by atoms with E-state index >= 15 is 0 Å². The molecule has 0 unspecified atom stereocenters. The van der Waals surface area contributed by atoms with Crippen molar-refractivity contribution >= 4 is 39.1 Å². The lowest BCUT2D eigenvalue weighted by atomic mass is 10.1. The maximum absolute atomic E-state index is 12.6. The number of sulfonamides is 1. The minimum atomic E-state index is -3.39. The first kappa shape index (κ1) is 24.8. The van der Waals surface area contributed by atoms with Crippen molar-refractivity contribution in [3.63, 3.8) is 0 Å². The average molecular weight is 489 g/mol. The number of aromatic amines is 1. The summed E-state index contributed by atoms with van der Waals surface area (Å²) < 4.78 is 28.0. The highest BCUT2D eigenvalue weighted by Crippen LogP contribution is 2.12. The molecule has 1 heterocycles. The predicted molar refractivity (Wildman–Crippen MR) is 132 cm³/mol. The minimum absolute atomic E-state index is 0.0959. The summed E-state index contributed by atoms with van der Waals surface area (Å²) in [5.41, 5.74) is 2.05. The smallest absolute Gasteiger partial charge is 0.262 e. The van der Waals surface area contributed by atoms with E-state index in [4.69, 9.17) is 12.2 Å². The summed E-state index contributed by atoms with van der Waals surface area (Å²) >= 11 is 5.32. The number of nitrogens with one attached hydrogen (secondary N) is 3. The molecule has 0 fully saturated rings. The first-order chi connectivity index (χ1) is 15.8. The van der Waals surface area contributed by atoms with Gasteiger partial charge in [-0.1, -0.05) is 42.8 Å². The molecule has 0 aliphatic rings. The zero-order valence-corrected chi connectivity index (χ0v) is 20.1. The normalized spacial score (nSPS) is 11.5. The van der Waals surface area contributed by atoms with Gasteiger partial charge in [-0.15, -0.1) is 0 Å². The molecule has 176 valence electrons. The van der Waals surface area contributed by atoms with E-state index in [0.717, 1.165) is 23.9 Å². The maximum atomic E-state index is 12.6. The SMILES string of the molecule is CNS(=O)(=O)Cc1ccccc1CNC(=O)CCCCCn1c(=S)[nH]c2ccccc2c1=O. The van der Waals surface area contributed by atoms with Gasteiger partial charge >= 0.3 is 0 Å². The molecule has 33 heavy (non-hydrogen) atoms. The zero-order chi connectivity index (χ0) is 23.8. The Hall–Kier alpha value is -2.82. The van der Waals surface area contributed by atoms with Crippen LogP contribution in [0, 0.1) is 4.77 Å². The number of H-pyrrole nitrogens is 1. The van der Waals surface area contributed by atoms with Gasteiger partial charge in [-0.25, -0.2) is 13.1 Å². The van der Waals surface area contributed by atoms with Gasteiger partial charge in [0.15, 0.2) is 4.77 Å². The lowest BCUT2D eigenvalue weighted by Crippen LogP contribution is -2.25. The van der Waals surface area contributed by atoms with Gasteiger partial charge in [-0.2, -0.15) is 0 Å². The van der Waals surface area contributed by atoms with Crippen molar-refractivity contribution in [1.82, 2.24) is 19.6 Å². The van der Waals surface area contributed by atoms with E-state index in [1.807, 2.05) is 30.3 Å². The summed E-state index contributed by atoms with van der Waals surface area (Å²) in [6.07, 6.45) is 2.54. The number of amides is 1. The summed E-state index contributed by atoms with van der Waals surface area (Å²) in [6, 6.07) is 14.4. The molecule has 3 aromatic rings. The largest absolute Gasteiger partial charge is 0.352 e. The van der Waals surface area contributed by atoms with Crippen molar-refractivity contribution in [2.75, 3.05) is 7.05 Å². The van der Waals surface area contributed by atoms with Crippen LogP contribution in [0.3, 0.4) is 0 Å². The Kier molecular flexibility index (Phi) is 8.54. The van der Waals surface area contributed by atoms with E-state index in [1.165, 1.54) is 7.05 Å². The Morgan fingerprint density at radius 1 is 1.03 bits per heavy atom. The molecule has 0 aliphatic heterocycles. The van der Waals surface area contributed by atoms with Crippen molar-refractivity contribution in [3.05, 3.63) is 74.8 Å². The van der Waals surface area contributed by atoms with Crippen LogP contribution in [0.4, 0.5) is 0 Å². The molecular weight excluding hydrogens is 460 g/mol. The number of benzene rings is 2. The van der Waals surface area contributed by atoms with Crippen molar-refractivity contribution < 1.29 is 13.2 Å². The van der Waals surface area contributed by atoms with Gasteiger partial charge in [0.1, 0.15) is 0 Å². The third-order valence-electron chi connectivity index (χ3n) is 5.43. The van der Waals surface area contributed by atoms with Crippen LogP contribution in [0.2, 0.25) is 0 Å². The van der Waals surface area contributed by atoms with Gasteiger partial charge in [-0.05, 0) is 55.4 Å². The first-order valence-corrected chi connectivity index (χ1v) is 12.8. The Morgan fingerprint density at radius 3 is 2.48 bits per heavy atom. The van der Waals surface area contributed by atoms with Crippen LogP contribution in [0.25, 0.3) is 10.9 Å². The Balaban J connectivity index is 1.46. The Bertz CT molecular complexity index is 1350. The van der Waals surface area contributed by atoms with Gasteiger partial charge in [0.25, 0.3) is 5.56 Å². The number of aromatic nitrogens is 2. The third kappa shape index (κ3) is 6.83. The molecular formula is C23H28N4O4S2. The molecule has 0 atom stereocenters. The molecule has 10 heteroatoms. The topological polar surface area (TPSA) is 113 Å². The monoisotopic (exact) mass is 488 g/mol. The molecule has 8 nitrogen and oxygen atoms in total. The number of unbranched alkanes of at least 4 members (excludes halogenated alkanes) is 2. The van der Waals surface area contributed by atoms with Gasteiger partial charge in [0.2, 0.25) is 15.9 Å². The molecule has 0 saturated heterocycles. The number of hydrogen-bond donors (Lipinski definition) is 3. The molecule has 2 aromatic carbocycles. The van der Waals surface area contributed by atoms with E-state index in [2.05, 4.69) is 15.0 Å². The van der Waals surface area contributed by atoms with Crippen LogP contribution in [-0.4, -0.2) is 30.9 Å². The number of fused-ring (bicyclic) bond motifs is 1. The number of rotatable bonds is 11. The molecule has 0 aliphatic carbocycles. The minimum Gasteiger partial charge on any atom is -0.352 e. The molecule has 3 N–H and O–H groups in total. The molecule has 0 spiro atoms. The molecule has 1 aromatic heterocycles. The van der Waals surface area contributed by atoms with E-state index in [9.17, 15) is 18.0 Å². The number of carbonyl (C=O) groups excluding carboxylic acids is 1. The maximum Gasteiger partial charge on any atom is 0.262 e. The fourth-order valence-electron chi connectivity index (χ4n) is 3.56. The summed E-state index contributed by atoms with van der Waals surface area (Å²) in [7, 11) is -2.01. The van der Waals surface area contributed by atoms with Crippen molar-refractivity contribution in [3.8, 4) is 0 Å². The fourth-order valence-corrected chi connectivity index (χ4v) is 4.68. The fraction of sp³-hybridized carbons (Fsp3) is 0.348. The molecule has 0 saturated carbocycles. The van der Waals surface area contributed by atoms with Crippen LogP contribution in [0.5, 0.6) is 0 Å². The zero-order valence-electron chi connectivity index (χ0n) is 18.5. The number of carbonyl (C=O) groups is 1. The third-order valence-corrected chi connectivity index (χ3v) is 7.06. The van der Waals surface area contributed by atoms with E-state index in [0.29, 0.717) is 35.1 Å². The second kappa shape index (κ2) is 11.4. The molecule has 0 bridgehead atoms. The van der Waals surface area contributed by atoms with Gasteiger partial charge in [0.05, 0.1) is 16.7 Å². The lowest BCUT2D eigenvalue weighted by Gasteiger charge is -2.11. The average Bonchev–Trinajstić information content (AvgIpc) is 2.80. The van der Waals surface area contributed by atoms with Crippen LogP contribution in [0.15, 0.2) is 53.3 Å². The van der Waals surface area contributed by atoms with Crippen LogP contribution >= 0.6 is 12.2 Å². The first-order valence-electron chi connectivity index (χ1n) is 10.8. The van der Waals surface area contributed by atoms with Gasteiger partial charge < -0.3 is 10.3 Å². The van der Waals surface area contributed by atoms with Crippen molar-refractivity contribution in [1.29, 1.82) is 0 Å². The molecule has 0 radical (unpaired) electrons. The number of para-hydroxylation sites is 1. The van der Waals surface area contributed by atoms with E-state index in [-0.39, 0.29) is 23.8 Å². The Morgan fingerprint density at radius 2 is 1.73 bits per heavy atom. The van der Waals surface area contributed by atoms with Crippen LogP contribution in [-0.2, 0) is 33.7 Å². The number of nitrogens with zero attached hydrogens (tertiary/aromatic N) is 1. The van der Waals surface area contributed by atoms with Crippen LogP contribution in [0.1, 0.15) is 36.8 Å². The summed E-state index contributed by atoms with van der Waals surface area (Å²) in [5, 5.41) is 3.46. The lowest BCUT2D eigenvalue weighted by molar-refractivity contribution is -0.121. The summed E-state index contributed by atoms with van der Waals surface area (Å²) in [6.45, 7) is 0.768. The van der Waals surface area contributed by atoms with Gasteiger partial charge in [0, 0.05) is 19.5 Å². The number of hydrogen-bond acceptors (Lipinski definition) is 5. The highest BCUT2D eigenvalue weighted by Gasteiger charge is 2.12. The standard InChI is InChI=1S/C23H28N4O4S2/c1-24-33(30,31)16-18-10-5-4-9-17(18)15-25-21(28)13-3-2-8-14-27-22(29)19-11-6-7-12-20(19)26-23(27)32/h4-7,9-12,24H,2-3,8,13-16H2,1H3,(H,25,28)(H,26,32). The molecule has 1 amide bonds. The molecule has 3 rings (SSSR count). The summed E-state index contributed by atoms with van der Waals surface area (Å²) in [5.74, 6) is -0.229.